The number of nitrogen functional groups attached to an aromatic ring is 1. The number of hydrogen-bond acceptors (Lipinski definition) is 4. The second-order valence-corrected chi connectivity index (χ2v) is 2.31. The van der Waals surface area contributed by atoms with E-state index in [0.717, 1.165) is 0 Å². The van der Waals surface area contributed by atoms with Gasteiger partial charge in [-0.1, -0.05) is 11.6 Å². The Balaban J connectivity index is 3.03. The van der Waals surface area contributed by atoms with Gasteiger partial charge in [0.2, 0.25) is 0 Å². The topological polar surface area (TPSA) is 75.6 Å². The molecule has 0 fully saturated rings. The van der Waals surface area contributed by atoms with Crippen LogP contribution in [0.1, 0.15) is 5.69 Å². The number of anilines is 1. The summed E-state index contributed by atoms with van der Waals surface area (Å²) in [6.07, 6.45) is 4.11. The van der Waals surface area contributed by atoms with Gasteiger partial charge in [0.1, 0.15) is 10.8 Å². The Kier molecular flexibility index (Phi) is 2.62. The molecule has 0 aromatic carbocycles. The molecule has 0 aliphatic carbocycles. The van der Waals surface area contributed by atoms with E-state index in [2.05, 4.69) is 9.97 Å². The van der Waals surface area contributed by atoms with E-state index in [9.17, 15) is 0 Å². The fraction of sp³-hybridized carbons (Fsp3) is 0. The van der Waals surface area contributed by atoms with Crippen LogP contribution in [0.5, 0.6) is 0 Å². The molecule has 0 spiro atoms. The lowest BCUT2D eigenvalue weighted by molar-refractivity contribution is 1.19. The minimum Gasteiger partial charge on any atom is -0.382 e. The highest BCUT2D eigenvalue weighted by molar-refractivity contribution is 6.29. The molecule has 2 N–H and O–H groups in total. The lowest BCUT2D eigenvalue weighted by Gasteiger charge is -1.96. The molecular weight excluding hydrogens is 176 g/mol. The van der Waals surface area contributed by atoms with Crippen molar-refractivity contribution in [3.63, 3.8) is 0 Å². The molecule has 0 aliphatic heterocycles. The van der Waals surface area contributed by atoms with Gasteiger partial charge in [-0.15, -0.1) is 0 Å². The van der Waals surface area contributed by atoms with Crippen LogP contribution < -0.4 is 5.73 Å². The molecule has 1 aromatic rings. The number of allylic oxidation sites excluding steroid dienone is 1. The summed E-state index contributed by atoms with van der Waals surface area (Å²) in [5.41, 5.74) is 5.89. The molecule has 0 radical (unpaired) electrons. The van der Waals surface area contributed by atoms with Crippen molar-refractivity contribution >= 4 is 23.5 Å². The predicted octanol–water partition coefficient (Wildman–Crippen LogP) is 1.25. The molecular formula is C7H5ClN4. The molecule has 0 aliphatic rings. The van der Waals surface area contributed by atoms with Gasteiger partial charge < -0.3 is 5.73 Å². The van der Waals surface area contributed by atoms with Crippen LogP contribution in [0.25, 0.3) is 6.08 Å². The van der Waals surface area contributed by atoms with Crippen molar-refractivity contribution in [3.05, 3.63) is 23.1 Å². The van der Waals surface area contributed by atoms with Crippen molar-refractivity contribution in [1.82, 2.24) is 9.97 Å². The van der Waals surface area contributed by atoms with E-state index < -0.39 is 0 Å². The summed E-state index contributed by atoms with van der Waals surface area (Å²) in [6.45, 7) is 0. The molecule has 0 saturated carbocycles. The first kappa shape index (κ1) is 8.50. The van der Waals surface area contributed by atoms with Crippen LogP contribution >= 0.6 is 11.6 Å². The van der Waals surface area contributed by atoms with Gasteiger partial charge in [0.25, 0.3) is 0 Å². The Morgan fingerprint density at radius 3 is 3.00 bits per heavy atom. The fourth-order valence-corrected chi connectivity index (χ4v) is 0.775. The SMILES string of the molecule is N#CC=Cc1ncc(Cl)nc1N. The second kappa shape index (κ2) is 3.69. The van der Waals surface area contributed by atoms with Crippen LogP contribution in [0.15, 0.2) is 12.3 Å². The maximum absolute atomic E-state index is 8.22. The van der Waals surface area contributed by atoms with Crippen LogP contribution in [-0.4, -0.2) is 9.97 Å². The molecule has 1 aromatic heterocycles. The van der Waals surface area contributed by atoms with E-state index in [1.165, 1.54) is 18.3 Å². The third-order valence-corrected chi connectivity index (χ3v) is 1.30. The summed E-state index contributed by atoms with van der Waals surface area (Å²) in [7, 11) is 0. The first-order valence-corrected chi connectivity index (χ1v) is 3.46. The molecule has 12 heavy (non-hydrogen) atoms. The quantitative estimate of drug-likeness (QED) is 0.660. The number of aromatic nitrogens is 2. The molecule has 0 amide bonds. The maximum Gasteiger partial charge on any atom is 0.151 e. The summed E-state index contributed by atoms with van der Waals surface area (Å²) < 4.78 is 0. The molecule has 0 bridgehead atoms. The summed E-state index contributed by atoms with van der Waals surface area (Å²) in [5.74, 6) is 0.217. The third kappa shape index (κ3) is 1.94. The molecule has 1 heterocycles. The highest BCUT2D eigenvalue weighted by Gasteiger charge is 1.98. The Hall–Kier alpha value is -1.60. The third-order valence-electron chi connectivity index (χ3n) is 1.12. The highest BCUT2D eigenvalue weighted by Crippen LogP contribution is 2.10. The first-order valence-electron chi connectivity index (χ1n) is 3.08. The molecule has 4 nitrogen and oxygen atoms in total. The van der Waals surface area contributed by atoms with E-state index in [1.807, 2.05) is 6.07 Å². The monoisotopic (exact) mass is 180 g/mol. The average Bonchev–Trinajstić information content (AvgIpc) is 2.03. The maximum atomic E-state index is 8.22. The van der Waals surface area contributed by atoms with Gasteiger partial charge in [-0.25, -0.2) is 9.97 Å². The summed E-state index contributed by atoms with van der Waals surface area (Å²) in [6, 6.07) is 1.82. The van der Waals surface area contributed by atoms with Gasteiger partial charge >= 0.3 is 0 Å². The molecule has 5 heteroatoms. The Labute approximate surface area is 74.3 Å². The molecule has 0 unspecified atom stereocenters. The van der Waals surface area contributed by atoms with E-state index in [1.54, 1.807) is 0 Å². The average molecular weight is 181 g/mol. The van der Waals surface area contributed by atoms with Crippen molar-refractivity contribution < 1.29 is 0 Å². The van der Waals surface area contributed by atoms with Crippen LogP contribution in [0.4, 0.5) is 5.82 Å². The zero-order valence-electron chi connectivity index (χ0n) is 6.03. The lowest BCUT2D eigenvalue weighted by Crippen LogP contribution is -1.96. The van der Waals surface area contributed by atoms with Crippen LogP contribution in [0, 0.1) is 11.3 Å². The largest absolute Gasteiger partial charge is 0.382 e. The van der Waals surface area contributed by atoms with Crippen molar-refractivity contribution in [3.8, 4) is 6.07 Å². The number of nitrogens with zero attached hydrogens (tertiary/aromatic N) is 3. The van der Waals surface area contributed by atoms with Crippen molar-refractivity contribution in [2.75, 3.05) is 5.73 Å². The second-order valence-electron chi connectivity index (χ2n) is 1.93. The number of rotatable bonds is 1. The number of halogens is 1. The zero-order chi connectivity index (χ0) is 8.97. The van der Waals surface area contributed by atoms with Crippen molar-refractivity contribution in [2.24, 2.45) is 0 Å². The minimum absolute atomic E-state index is 0.217. The molecule has 0 atom stereocenters. The van der Waals surface area contributed by atoms with Gasteiger partial charge in [-0.05, 0) is 6.08 Å². The summed E-state index contributed by atoms with van der Waals surface area (Å²) in [5, 5.41) is 8.46. The Bertz CT molecular complexity index is 353. The smallest absolute Gasteiger partial charge is 0.151 e. The highest BCUT2D eigenvalue weighted by atomic mass is 35.5. The number of nitriles is 1. The minimum atomic E-state index is 0.217. The fourth-order valence-electron chi connectivity index (χ4n) is 0.635. The van der Waals surface area contributed by atoms with Crippen molar-refractivity contribution in [1.29, 1.82) is 5.26 Å². The van der Waals surface area contributed by atoms with Gasteiger partial charge in [0.05, 0.1) is 12.3 Å². The first-order chi connectivity index (χ1) is 5.74. The van der Waals surface area contributed by atoms with Crippen molar-refractivity contribution in [2.45, 2.75) is 0 Å². The molecule has 60 valence electrons. The van der Waals surface area contributed by atoms with E-state index in [-0.39, 0.29) is 11.0 Å². The molecule has 1 rings (SSSR count). The van der Waals surface area contributed by atoms with Gasteiger partial charge in [-0.3, -0.25) is 0 Å². The zero-order valence-corrected chi connectivity index (χ0v) is 6.78. The van der Waals surface area contributed by atoms with E-state index in [4.69, 9.17) is 22.6 Å². The van der Waals surface area contributed by atoms with Gasteiger partial charge in [-0.2, -0.15) is 5.26 Å². The lowest BCUT2D eigenvalue weighted by atomic mass is 10.4. The van der Waals surface area contributed by atoms with Crippen LogP contribution in [0.2, 0.25) is 5.15 Å². The standard InChI is InChI=1S/C7H5ClN4/c8-6-4-11-5(2-1-3-9)7(10)12-6/h1-2,4H,(H2,10,12). The van der Waals surface area contributed by atoms with E-state index >= 15 is 0 Å². The van der Waals surface area contributed by atoms with Crippen LogP contribution in [-0.2, 0) is 0 Å². The molecule has 0 saturated heterocycles. The van der Waals surface area contributed by atoms with Gasteiger partial charge in [0.15, 0.2) is 5.82 Å². The van der Waals surface area contributed by atoms with Crippen LogP contribution in [0.3, 0.4) is 0 Å². The Morgan fingerprint density at radius 2 is 2.42 bits per heavy atom. The normalized spacial score (nSPS) is 10.0. The van der Waals surface area contributed by atoms with Gasteiger partial charge in [0, 0.05) is 6.08 Å². The van der Waals surface area contributed by atoms with E-state index in [0.29, 0.717) is 5.69 Å². The summed E-state index contributed by atoms with van der Waals surface area (Å²) in [4.78, 5) is 7.60. The number of nitrogens with two attached hydrogens (primary N) is 1. The Morgan fingerprint density at radius 1 is 1.67 bits per heavy atom. The summed E-state index contributed by atoms with van der Waals surface area (Å²) >= 11 is 5.51. The predicted molar refractivity (Wildman–Crippen MR) is 46.1 cm³/mol. The number of hydrogen-bond donors (Lipinski definition) is 1.